The third kappa shape index (κ3) is 3.95. The first-order valence-corrected chi connectivity index (χ1v) is 7.92. The van der Waals surface area contributed by atoms with Crippen LogP contribution in [0.1, 0.15) is 38.5 Å². The summed E-state index contributed by atoms with van der Waals surface area (Å²) in [4.78, 5) is 28.0. The first-order chi connectivity index (χ1) is 10.1. The van der Waals surface area contributed by atoms with E-state index in [2.05, 4.69) is 4.90 Å². The highest BCUT2D eigenvalue weighted by molar-refractivity contribution is 5.85. The topological polar surface area (TPSA) is 81.1 Å². The summed E-state index contributed by atoms with van der Waals surface area (Å²) in [5, 5.41) is 18.5. The number of hydrogen-bond acceptors (Lipinski definition) is 4. The van der Waals surface area contributed by atoms with Crippen molar-refractivity contribution in [2.45, 2.75) is 38.5 Å². The molecule has 0 bridgehead atoms. The summed E-state index contributed by atoms with van der Waals surface area (Å²) in [6.07, 6.45) is 4.27. The van der Waals surface area contributed by atoms with E-state index < -0.39 is 11.4 Å². The Hall–Kier alpha value is -1.14. The Morgan fingerprint density at radius 2 is 1.62 bits per heavy atom. The fourth-order valence-electron chi connectivity index (χ4n) is 3.46. The van der Waals surface area contributed by atoms with Crippen molar-refractivity contribution in [1.82, 2.24) is 9.80 Å². The van der Waals surface area contributed by atoms with Gasteiger partial charge in [-0.15, -0.1) is 0 Å². The van der Waals surface area contributed by atoms with Gasteiger partial charge in [0.05, 0.1) is 12.0 Å². The van der Waals surface area contributed by atoms with E-state index in [1.165, 1.54) is 0 Å². The Morgan fingerprint density at radius 3 is 2.14 bits per heavy atom. The molecule has 0 atom stereocenters. The molecule has 0 unspecified atom stereocenters. The molecule has 1 aliphatic heterocycles. The Balaban J connectivity index is 1.90. The van der Waals surface area contributed by atoms with Gasteiger partial charge in [-0.25, -0.2) is 0 Å². The van der Waals surface area contributed by atoms with Crippen LogP contribution in [0.25, 0.3) is 0 Å². The number of carboxylic acids is 1. The number of aliphatic hydroxyl groups excluding tert-OH is 1. The molecule has 0 aromatic rings. The molecule has 2 fully saturated rings. The van der Waals surface area contributed by atoms with Crippen molar-refractivity contribution in [2.75, 3.05) is 39.3 Å². The van der Waals surface area contributed by atoms with Gasteiger partial charge in [0.2, 0.25) is 5.91 Å². The standard InChI is InChI=1S/C15H26N2O4/c18-11-10-16-6-8-17(9-7-16)13(19)12-15(14(20)21)4-2-1-3-5-15/h18H,1-12H2,(H,20,21). The molecule has 0 spiro atoms. The number of carbonyl (C=O) groups is 2. The molecule has 1 aliphatic carbocycles. The summed E-state index contributed by atoms with van der Waals surface area (Å²) < 4.78 is 0. The largest absolute Gasteiger partial charge is 0.481 e. The summed E-state index contributed by atoms with van der Waals surface area (Å²) in [6, 6.07) is 0. The molecule has 2 N–H and O–H groups in total. The molecule has 1 heterocycles. The second kappa shape index (κ2) is 7.22. The Bertz CT molecular complexity index is 372. The monoisotopic (exact) mass is 298 g/mol. The maximum Gasteiger partial charge on any atom is 0.310 e. The predicted octanol–water partition coefficient (Wildman–Crippen LogP) is 0.548. The molecular formula is C15H26N2O4. The summed E-state index contributed by atoms with van der Waals surface area (Å²) >= 11 is 0. The number of nitrogens with zero attached hydrogens (tertiary/aromatic N) is 2. The average molecular weight is 298 g/mol. The van der Waals surface area contributed by atoms with E-state index in [-0.39, 0.29) is 18.9 Å². The highest BCUT2D eigenvalue weighted by Gasteiger charge is 2.42. The van der Waals surface area contributed by atoms with Crippen molar-refractivity contribution in [3.63, 3.8) is 0 Å². The van der Waals surface area contributed by atoms with Gasteiger partial charge in [0.25, 0.3) is 0 Å². The molecule has 2 aliphatic rings. The van der Waals surface area contributed by atoms with Crippen LogP contribution in [0.4, 0.5) is 0 Å². The van der Waals surface area contributed by atoms with Crippen molar-refractivity contribution < 1.29 is 19.8 Å². The maximum atomic E-state index is 12.4. The SMILES string of the molecule is O=C(CC1(C(=O)O)CCCCC1)N1CCN(CCO)CC1. The molecule has 0 aromatic heterocycles. The zero-order valence-electron chi connectivity index (χ0n) is 12.6. The van der Waals surface area contributed by atoms with Crippen LogP contribution in [0, 0.1) is 5.41 Å². The van der Waals surface area contributed by atoms with Crippen molar-refractivity contribution >= 4 is 11.9 Å². The molecule has 0 aromatic carbocycles. The van der Waals surface area contributed by atoms with Crippen LogP contribution in [-0.2, 0) is 9.59 Å². The quantitative estimate of drug-likeness (QED) is 0.774. The van der Waals surface area contributed by atoms with Gasteiger partial charge in [0.15, 0.2) is 0 Å². The first-order valence-electron chi connectivity index (χ1n) is 7.92. The van der Waals surface area contributed by atoms with Gasteiger partial charge in [0.1, 0.15) is 0 Å². The van der Waals surface area contributed by atoms with Gasteiger partial charge in [-0.3, -0.25) is 14.5 Å². The van der Waals surface area contributed by atoms with Gasteiger partial charge in [0, 0.05) is 39.1 Å². The molecule has 120 valence electrons. The number of rotatable bonds is 5. The normalized spacial score (nSPS) is 23.0. The molecule has 0 radical (unpaired) electrons. The van der Waals surface area contributed by atoms with Gasteiger partial charge in [-0.05, 0) is 12.8 Å². The minimum atomic E-state index is -0.836. The Morgan fingerprint density at radius 1 is 1.00 bits per heavy atom. The van der Waals surface area contributed by atoms with Gasteiger partial charge < -0.3 is 15.1 Å². The molecule has 1 saturated carbocycles. The number of β-amino-alcohol motifs (C(OH)–C–C–N with tert-alkyl or cyclic N) is 1. The van der Waals surface area contributed by atoms with Crippen LogP contribution in [-0.4, -0.2) is 71.2 Å². The molecule has 1 amide bonds. The van der Waals surface area contributed by atoms with E-state index in [0.717, 1.165) is 32.4 Å². The van der Waals surface area contributed by atoms with Crippen molar-refractivity contribution in [1.29, 1.82) is 0 Å². The van der Waals surface area contributed by atoms with Crippen molar-refractivity contribution in [2.24, 2.45) is 5.41 Å². The lowest BCUT2D eigenvalue weighted by Crippen LogP contribution is -2.51. The molecule has 21 heavy (non-hydrogen) atoms. The number of piperazine rings is 1. The lowest BCUT2D eigenvalue weighted by molar-refractivity contribution is -0.156. The van der Waals surface area contributed by atoms with Crippen LogP contribution in [0.5, 0.6) is 0 Å². The van der Waals surface area contributed by atoms with Crippen LogP contribution in [0.3, 0.4) is 0 Å². The minimum absolute atomic E-state index is 0.0250. The van der Waals surface area contributed by atoms with Gasteiger partial charge >= 0.3 is 5.97 Å². The van der Waals surface area contributed by atoms with E-state index >= 15 is 0 Å². The van der Waals surface area contributed by atoms with Gasteiger partial charge in [-0.1, -0.05) is 19.3 Å². The molecule has 6 heteroatoms. The van der Waals surface area contributed by atoms with Crippen molar-refractivity contribution in [3.8, 4) is 0 Å². The molecular weight excluding hydrogens is 272 g/mol. The van der Waals surface area contributed by atoms with E-state index in [4.69, 9.17) is 5.11 Å². The summed E-state index contributed by atoms with van der Waals surface area (Å²) in [5.41, 5.74) is -0.836. The summed E-state index contributed by atoms with van der Waals surface area (Å²) in [5.74, 6) is -0.836. The number of amides is 1. The van der Waals surface area contributed by atoms with Crippen LogP contribution < -0.4 is 0 Å². The second-order valence-electron chi connectivity index (χ2n) is 6.27. The highest BCUT2D eigenvalue weighted by atomic mass is 16.4. The maximum absolute atomic E-state index is 12.4. The van der Waals surface area contributed by atoms with E-state index in [1.54, 1.807) is 4.90 Å². The van der Waals surface area contributed by atoms with Crippen LogP contribution in [0.2, 0.25) is 0 Å². The predicted molar refractivity (Wildman–Crippen MR) is 77.9 cm³/mol. The Labute approximate surface area is 125 Å². The van der Waals surface area contributed by atoms with Crippen LogP contribution >= 0.6 is 0 Å². The third-order valence-corrected chi connectivity index (χ3v) is 4.90. The summed E-state index contributed by atoms with van der Waals surface area (Å²) in [7, 11) is 0. The molecule has 1 saturated heterocycles. The lowest BCUT2D eigenvalue weighted by atomic mass is 9.71. The highest BCUT2D eigenvalue weighted by Crippen LogP contribution is 2.40. The average Bonchev–Trinajstić information content (AvgIpc) is 2.49. The van der Waals surface area contributed by atoms with E-state index in [0.29, 0.717) is 32.5 Å². The first kappa shape index (κ1) is 16.2. The summed E-state index contributed by atoms with van der Waals surface area (Å²) in [6.45, 7) is 3.55. The van der Waals surface area contributed by atoms with E-state index in [1.807, 2.05) is 0 Å². The molecule has 2 rings (SSSR count). The van der Waals surface area contributed by atoms with Crippen LogP contribution in [0.15, 0.2) is 0 Å². The lowest BCUT2D eigenvalue weighted by Gasteiger charge is -2.38. The smallest absolute Gasteiger partial charge is 0.310 e. The number of hydrogen-bond donors (Lipinski definition) is 2. The number of aliphatic carboxylic acids is 1. The fraction of sp³-hybridized carbons (Fsp3) is 0.867. The number of carbonyl (C=O) groups excluding carboxylic acids is 1. The third-order valence-electron chi connectivity index (χ3n) is 4.90. The minimum Gasteiger partial charge on any atom is -0.481 e. The number of aliphatic hydroxyl groups is 1. The Kier molecular flexibility index (Phi) is 5.58. The zero-order chi connectivity index (χ0) is 15.3. The zero-order valence-corrected chi connectivity index (χ0v) is 12.6. The second-order valence-corrected chi connectivity index (χ2v) is 6.27. The van der Waals surface area contributed by atoms with Gasteiger partial charge in [-0.2, -0.15) is 0 Å². The number of carboxylic acid groups (broad SMARTS) is 1. The fourth-order valence-corrected chi connectivity index (χ4v) is 3.46. The molecule has 6 nitrogen and oxygen atoms in total. The van der Waals surface area contributed by atoms with Crippen molar-refractivity contribution in [3.05, 3.63) is 0 Å². The van der Waals surface area contributed by atoms with E-state index in [9.17, 15) is 14.7 Å².